The lowest BCUT2D eigenvalue weighted by Gasteiger charge is -2.20. The number of halogens is 6. The maximum atomic E-state index is 12.8. The number of esters is 1. The van der Waals surface area contributed by atoms with E-state index in [1.165, 1.54) is 7.11 Å². The van der Waals surface area contributed by atoms with E-state index in [2.05, 4.69) is 25.0 Å². The van der Waals surface area contributed by atoms with E-state index in [-0.39, 0.29) is 38.8 Å². The van der Waals surface area contributed by atoms with Gasteiger partial charge in [0.25, 0.3) is 0 Å². The van der Waals surface area contributed by atoms with E-state index < -0.39 is 17.7 Å². The molecule has 1 atom stereocenters. The molecule has 34 heavy (non-hydrogen) atoms. The van der Waals surface area contributed by atoms with Gasteiger partial charge in [-0.25, -0.2) is 14.8 Å². The zero-order chi connectivity index (χ0) is 25.0. The third-order valence-electron chi connectivity index (χ3n) is 4.55. The Morgan fingerprint density at radius 1 is 1.15 bits per heavy atom. The first-order chi connectivity index (χ1) is 16.0. The largest absolute Gasteiger partial charge is 0.464 e. The number of ether oxygens (including phenoxy) is 2. The summed E-state index contributed by atoms with van der Waals surface area (Å²) >= 11 is 18.1. The van der Waals surface area contributed by atoms with E-state index in [0.29, 0.717) is 18.4 Å². The fourth-order valence-corrected chi connectivity index (χ4v) is 3.46. The number of anilines is 1. The summed E-state index contributed by atoms with van der Waals surface area (Å²) in [4.78, 5) is 23.4. The van der Waals surface area contributed by atoms with Gasteiger partial charge in [-0.2, -0.15) is 18.2 Å². The fourth-order valence-electron chi connectivity index (χ4n) is 2.87. The van der Waals surface area contributed by atoms with Crippen molar-refractivity contribution in [1.29, 1.82) is 0 Å². The number of carbonyl (C=O) groups excluding carboxylic acids is 1. The number of nitrogens with zero attached hydrogens (tertiary/aromatic N) is 3. The molecule has 3 aromatic rings. The number of aromatic nitrogens is 3. The van der Waals surface area contributed by atoms with Crippen LogP contribution in [0.2, 0.25) is 15.3 Å². The summed E-state index contributed by atoms with van der Waals surface area (Å²) in [5.74, 6) is -0.466. The molecule has 0 saturated heterocycles. The van der Waals surface area contributed by atoms with Crippen LogP contribution in [0, 0.1) is 0 Å². The van der Waals surface area contributed by atoms with Crippen LogP contribution in [-0.2, 0) is 10.9 Å². The summed E-state index contributed by atoms with van der Waals surface area (Å²) in [5, 5.41) is 2.61. The summed E-state index contributed by atoms with van der Waals surface area (Å²) in [6.45, 7) is 1.91. The molecular weight excluding hydrogens is 520 g/mol. The van der Waals surface area contributed by atoms with Gasteiger partial charge in [0, 0.05) is 6.20 Å². The average Bonchev–Trinajstić information content (AvgIpc) is 2.80. The van der Waals surface area contributed by atoms with Crippen molar-refractivity contribution in [2.45, 2.75) is 25.6 Å². The van der Waals surface area contributed by atoms with Gasteiger partial charge in [0.05, 0.1) is 18.7 Å². The van der Waals surface area contributed by atoms with Crippen LogP contribution in [0.15, 0.2) is 36.5 Å². The van der Waals surface area contributed by atoms with Gasteiger partial charge in [-0.3, -0.25) is 0 Å². The van der Waals surface area contributed by atoms with Gasteiger partial charge in [-0.15, -0.1) is 0 Å². The summed E-state index contributed by atoms with van der Waals surface area (Å²) < 4.78 is 48.5. The van der Waals surface area contributed by atoms with E-state index in [1.807, 2.05) is 6.92 Å². The normalized spacial score (nSPS) is 12.2. The monoisotopic (exact) mass is 534 g/mol. The van der Waals surface area contributed by atoms with E-state index in [4.69, 9.17) is 39.5 Å². The van der Waals surface area contributed by atoms with Crippen LogP contribution in [0.5, 0.6) is 11.6 Å². The topological polar surface area (TPSA) is 86.2 Å². The van der Waals surface area contributed by atoms with Crippen molar-refractivity contribution in [3.63, 3.8) is 0 Å². The second kappa shape index (κ2) is 10.6. The first kappa shape index (κ1) is 25.8. The number of alkyl halides is 3. The minimum Gasteiger partial charge on any atom is -0.464 e. The smallest absolute Gasteiger partial charge is 0.417 e. The third-order valence-corrected chi connectivity index (χ3v) is 5.35. The standard InChI is InChI=1S/C21H16Cl3F3N4O3/c1-3-14(29-17-15(23)16(19(32)33-2)30-20(24)31-17)10-4-6-12(7-5-10)34-18-13(22)8-11(9-28-18)21(25,26)27/h4-9,14H,3H2,1-2H3,(H,29,30,31). The lowest BCUT2D eigenvalue weighted by Crippen LogP contribution is -2.14. The minimum absolute atomic E-state index is 0.0438. The minimum atomic E-state index is -4.56. The number of rotatable bonds is 7. The van der Waals surface area contributed by atoms with Crippen molar-refractivity contribution < 1.29 is 27.4 Å². The maximum Gasteiger partial charge on any atom is 0.417 e. The van der Waals surface area contributed by atoms with Crippen LogP contribution >= 0.6 is 34.8 Å². The van der Waals surface area contributed by atoms with Crippen molar-refractivity contribution in [3.05, 3.63) is 68.7 Å². The SMILES string of the molecule is CCC(Nc1nc(Cl)nc(C(=O)OC)c1Cl)c1ccc(Oc2ncc(C(F)(F)F)cc2Cl)cc1. The summed E-state index contributed by atoms with van der Waals surface area (Å²) in [6, 6.07) is 7.11. The van der Waals surface area contributed by atoms with E-state index in [1.54, 1.807) is 24.3 Å². The highest BCUT2D eigenvalue weighted by atomic mass is 35.5. The number of carbonyl (C=O) groups is 1. The molecule has 0 aliphatic rings. The predicted molar refractivity (Wildman–Crippen MR) is 121 cm³/mol. The van der Waals surface area contributed by atoms with Crippen LogP contribution in [0.4, 0.5) is 19.0 Å². The van der Waals surface area contributed by atoms with Gasteiger partial charge in [0.15, 0.2) is 11.5 Å². The van der Waals surface area contributed by atoms with Gasteiger partial charge in [-0.05, 0) is 41.8 Å². The van der Waals surface area contributed by atoms with Crippen molar-refractivity contribution >= 4 is 46.6 Å². The molecule has 0 spiro atoms. The Morgan fingerprint density at radius 2 is 1.82 bits per heavy atom. The molecule has 1 aromatic carbocycles. The van der Waals surface area contributed by atoms with Crippen LogP contribution in [0.3, 0.4) is 0 Å². The zero-order valence-electron chi connectivity index (χ0n) is 17.6. The molecule has 0 saturated carbocycles. The summed E-state index contributed by atoms with van der Waals surface area (Å²) in [7, 11) is 1.19. The first-order valence-corrected chi connectivity index (χ1v) is 10.7. The van der Waals surface area contributed by atoms with Crippen molar-refractivity contribution in [1.82, 2.24) is 15.0 Å². The second-order valence-electron chi connectivity index (χ2n) is 6.78. The third kappa shape index (κ3) is 5.99. The van der Waals surface area contributed by atoms with Crippen LogP contribution in [0.25, 0.3) is 0 Å². The van der Waals surface area contributed by atoms with Crippen LogP contribution in [-0.4, -0.2) is 28.0 Å². The highest BCUT2D eigenvalue weighted by Crippen LogP contribution is 2.35. The molecule has 0 aliphatic heterocycles. The van der Waals surface area contributed by atoms with Gasteiger partial charge in [0.2, 0.25) is 11.2 Å². The van der Waals surface area contributed by atoms with Crippen LogP contribution < -0.4 is 10.1 Å². The molecule has 0 radical (unpaired) electrons. The number of benzene rings is 1. The number of hydrogen-bond donors (Lipinski definition) is 1. The Hall–Kier alpha value is -2.82. The summed E-state index contributed by atoms with van der Waals surface area (Å²) in [6.07, 6.45) is -3.32. The number of methoxy groups -OCH3 is 1. The van der Waals surface area contributed by atoms with Crippen LogP contribution in [0.1, 0.15) is 41.0 Å². The Labute approximate surface area is 207 Å². The molecule has 0 fully saturated rings. The Bertz CT molecular complexity index is 1190. The lowest BCUT2D eigenvalue weighted by atomic mass is 10.0. The van der Waals surface area contributed by atoms with E-state index in [9.17, 15) is 18.0 Å². The Kier molecular flexibility index (Phi) is 8.06. The highest BCUT2D eigenvalue weighted by molar-refractivity contribution is 6.36. The van der Waals surface area contributed by atoms with Gasteiger partial charge in [-0.1, -0.05) is 42.3 Å². The molecule has 180 valence electrons. The average molecular weight is 536 g/mol. The Balaban J connectivity index is 1.79. The molecule has 2 heterocycles. The van der Waals surface area contributed by atoms with Crippen molar-refractivity contribution in [2.24, 2.45) is 0 Å². The van der Waals surface area contributed by atoms with Gasteiger partial charge >= 0.3 is 12.1 Å². The maximum absolute atomic E-state index is 12.8. The lowest BCUT2D eigenvalue weighted by molar-refractivity contribution is -0.137. The molecule has 2 aromatic heterocycles. The van der Waals surface area contributed by atoms with E-state index in [0.717, 1.165) is 11.6 Å². The molecular formula is C21H16Cl3F3N4O3. The molecule has 0 bridgehead atoms. The molecule has 1 unspecified atom stereocenters. The zero-order valence-corrected chi connectivity index (χ0v) is 19.9. The van der Waals surface area contributed by atoms with Gasteiger partial charge in [0.1, 0.15) is 15.8 Å². The summed E-state index contributed by atoms with van der Waals surface area (Å²) in [5.41, 5.74) is -0.353. The number of pyridine rings is 1. The molecule has 0 aliphatic carbocycles. The molecule has 1 N–H and O–H groups in total. The number of nitrogens with one attached hydrogen (secondary N) is 1. The molecule has 3 rings (SSSR count). The molecule has 0 amide bonds. The van der Waals surface area contributed by atoms with Crippen molar-refractivity contribution in [3.8, 4) is 11.6 Å². The molecule has 13 heteroatoms. The Morgan fingerprint density at radius 3 is 2.38 bits per heavy atom. The quantitative estimate of drug-likeness (QED) is 0.258. The van der Waals surface area contributed by atoms with E-state index >= 15 is 0 Å². The second-order valence-corrected chi connectivity index (χ2v) is 7.90. The molecule has 7 nitrogen and oxygen atoms in total. The first-order valence-electron chi connectivity index (χ1n) is 9.61. The van der Waals surface area contributed by atoms with Gasteiger partial charge < -0.3 is 14.8 Å². The van der Waals surface area contributed by atoms with Crippen molar-refractivity contribution in [2.75, 3.05) is 12.4 Å². The predicted octanol–water partition coefficient (Wildman–Crippen LogP) is 6.99. The highest BCUT2D eigenvalue weighted by Gasteiger charge is 2.32. The number of hydrogen-bond acceptors (Lipinski definition) is 7. The fraction of sp³-hybridized carbons (Fsp3) is 0.238.